The first-order valence-corrected chi connectivity index (χ1v) is 26.9. The molecular formula is C60H63F2N9O8. The zero-order chi connectivity index (χ0) is 55.5. The van der Waals surface area contributed by atoms with Crippen molar-refractivity contribution in [3.8, 4) is 34.0 Å². The number of nitrogens with one attached hydrogen (secondary N) is 3. The second-order valence-electron chi connectivity index (χ2n) is 21.2. The number of rotatable bonds is 20. The number of carbonyl (C=O) groups excluding carboxylic acids is 4. The highest BCUT2D eigenvalue weighted by molar-refractivity contribution is 6.01. The second kappa shape index (κ2) is 22.6. The first-order chi connectivity index (χ1) is 38.0. The Hall–Kier alpha value is -8.32. The molecule has 1 saturated carbocycles. The second-order valence-corrected chi connectivity index (χ2v) is 21.2. The fourth-order valence-corrected chi connectivity index (χ4v) is 10.6. The summed E-state index contributed by atoms with van der Waals surface area (Å²) in [6, 6.07) is 32.6. The van der Waals surface area contributed by atoms with E-state index in [2.05, 4.69) is 35.5 Å². The highest BCUT2D eigenvalue weighted by Crippen LogP contribution is 2.52. The van der Waals surface area contributed by atoms with Crippen LogP contribution >= 0.6 is 0 Å². The fraction of sp³-hybridized carbons (Fsp3) is 0.367. The van der Waals surface area contributed by atoms with E-state index >= 15 is 0 Å². The summed E-state index contributed by atoms with van der Waals surface area (Å²) in [6.45, 7) is 5.59. The number of hydrogen-bond donors (Lipinski definition) is 4. The van der Waals surface area contributed by atoms with Gasteiger partial charge in [-0.3, -0.25) is 33.2 Å². The van der Waals surface area contributed by atoms with Gasteiger partial charge < -0.3 is 35.4 Å². The Morgan fingerprint density at radius 1 is 0.797 bits per heavy atom. The van der Waals surface area contributed by atoms with Crippen LogP contribution in [0.25, 0.3) is 33.5 Å². The highest BCUT2D eigenvalue weighted by atomic mass is 19.3. The molecule has 1 atom stereocenters. The topological polar surface area (TPSA) is 212 Å². The van der Waals surface area contributed by atoms with Crippen molar-refractivity contribution in [1.29, 1.82) is 0 Å². The lowest BCUT2D eigenvalue weighted by Gasteiger charge is -2.38. The molecule has 1 saturated heterocycles. The summed E-state index contributed by atoms with van der Waals surface area (Å²) in [6.07, 6.45) is 3.28. The maximum atomic E-state index is 13.7. The van der Waals surface area contributed by atoms with Crippen molar-refractivity contribution in [2.45, 2.75) is 114 Å². The van der Waals surface area contributed by atoms with Crippen LogP contribution in [0.5, 0.6) is 11.5 Å². The van der Waals surface area contributed by atoms with Gasteiger partial charge in [0, 0.05) is 62.8 Å². The molecule has 17 nitrogen and oxygen atoms in total. The summed E-state index contributed by atoms with van der Waals surface area (Å²) in [5.74, 6) is -0.355. The summed E-state index contributed by atoms with van der Waals surface area (Å²) in [5.41, 5.74) is 4.82. The maximum Gasteiger partial charge on any atom is 0.586 e. The standard InChI is InChI=1S/C60H63F2N9O8/c1-38-17-24-48(67-57(76)59(25-26-59)45-22-23-46-47(34-45)79-60(61,62)78-46)66-51(38)43-14-11-15-44(33-43)55(74)63-29-10-5-4-9-16-49(72)64-35-40-18-20-42(21-19-40)54-52-53(68-69(54)3)56(75)71(37-65-52)36-58(77)27-30-70(31-28-58)50(73)32-39(2)41-12-7-6-8-13-41/h6-8,11-15,17-24,33-34,37,39,77H,4-5,9-10,16,25-32,35-36H2,1-3H3,(H,63,74)(H,64,72)(H,66,67,76)/t39-/m1/s1. The molecule has 4 aromatic carbocycles. The normalized spacial score (nSPS) is 16.1. The number of benzene rings is 4. The number of aromatic nitrogens is 5. The van der Waals surface area contributed by atoms with Gasteiger partial charge in [0.15, 0.2) is 17.0 Å². The lowest BCUT2D eigenvalue weighted by molar-refractivity contribution is -0.286. The molecule has 0 spiro atoms. The van der Waals surface area contributed by atoms with E-state index in [-0.39, 0.29) is 58.7 Å². The van der Waals surface area contributed by atoms with Crippen molar-refractivity contribution in [3.05, 3.63) is 154 Å². The number of aliphatic hydroxyl groups is 1. The van der Waals surface area contributed by atoms with E-state index in [4.69, 9.17) is 4.98 Å². The average Bonchev–Trinajstić information content (AvgIpc) is 4.33. The number of nitrogens with zero attached hydrogens (tertiary/aromatic N) is 6. The van der Waals surface area contributed by atoms with Crippen LogP contribution in [0, 0.1) is 6.92 Å². The van der Waals surface area contributed by atoms with Crippen LogP contribution in [-0.4, -0.2) is 89.5 Å². The van der Waals surface area contributed by atoms with Crippen molar-refractivity contribution in [3.63, 3.8) is 0 Å². The Bertz CT molecular complexity index is 3480. The third kappa shape index (κ3) is 12.2. The molecule has 19 heteroatoms. The number of carbonyl (C=O) groups is 4. The highest BCUT2D eigenvalue weighted by Gasteiger charge is 2.53. The minimum atomic E-state index is -3.76. The first kappa shape index (κ1) is 54.1. The van der Waals surface area contributed by atoms with E-state index in [1.54, 1.807) is 47.0 Å². The van der Waals surface area contributed by atoms with Crippen molar-refractivity contribution >= 4 is 40.5 Å². The Balaban J connectivity index is 0.635. The molecule has 2 fully saturated rings. The average molecular weight is 1080 g/mol. The number of pyridine rings is 1. The number of fused-ring (bicyclic) bond motifs is 2. The molecule has 7 aromatic rings. The van der Waals surface area contributed by atoms with E-state index in [0.717, 1.165) is 41.5 Å². The third-order valence-electron chi connectivity index (χ3n) is 15.4. The summed E-state index contributed by atoms with van der Waals surface area (Å²) < 4.78 is 39.5. The van der Waals surface area contributed by atoms with Gasteiger partial charge in [-0.05, 0) is 104 Å². The summed E-state index contributed by atoms with van der Waals surface area (Å²) in [7, 11) is 1.76. The number of piperidine rings is 1. The lowest BCUT2D eigenvalue weighted by Crippen LogP contribution is -2.49. The van der Waals surface area contributed by atoms with Gasteiger partial charge in [-0.15, -0.1) is 8.78 Å². The van der Waals surface area contributed by atoms with Crippen molar-refractivity contribution in [2.24, 2.45) is 7.05 Å². The molecule has 1 aliphatic carbocycles. The lowest BCUT2D eigenvalue weighted by atomic mass is 9.90. The van der Waals surface area contributed by atoms with E-state index in [1.165, 1.54) is 23.0 Å². The van der Waals surface area contributed by atoms with Crippen molar-refractivity contribution < 1.29 is 42.5 Å². The fourth-order valence-electron chi connectivity index (χ4n) is 10.6. The number of aryl methyl sites for hydroxylation is 2. The number of anilines is 1. The van der Waals surface area contributed by atoms with Gasteiger partial charge in [0.05, 0.1) is 35.3 Å². The van der Waals surface area contributed by atoms with Gasteiger partial charge in [-0.1, -0.05) is 98.6 Å². The van der Waals surface area contributed by atoms with E-state index in [1.807, 2.05) is 80.6 Å². The van der Waals surface area contributed by atoms with Crippen molar-refractivity contribution in [1.82, 2.24) is 39.8 Å². The molecule has 0 bridgehead atoms. The Morgan fingerprint density at radius 2 is 1.54 bits per heavy atom. The van der Waals surface area contributed by atoms with Crippen LogP contribution in [0.15, 0.2) is 120 Å². The Kier molecular flexibility index (Phi) is 15.4. The number of amides is 4. The van der Waals surface area contributed by atoms with Crippen LogP contribution in [0.3, 0.4) is 0 Å². The molecule has 5 heterocycles. The van der Waals surface area contributed by atoms with Gasteiger partial charge in [0.2, 0.25) is 17.7 Å². The molecule has 4 N–H and O–H groups in total. The Morgan fingerprint density at radius 3 is 2.30 bits per heavy atom. The first-order valence-electron chi connectivity index (χ1n) is 26.9. The minimum Gasteiger partial charge on any atom is -0.395 e. The molecule has 10 rings (SSSR count). The molecule has 410 valence electrons. The SMILES string of the molecule is Cc1ccc(NC(=O)C2(c3ccc4c(c3)OC(F)(F)O4)CC2)nc1-c1cccc(C(=O)NCCCCCCC(=O)NCc2ccc(-c3c4ncn(CC5(O)CCN(C(=O)C[C@@H](C)c6ccccc6)CC5)c(=O)c4nn3C)cc2)c1. The molecule has 79 heavy (non-hydrogen) atoms. The zero-order valence-corrected chi connectivity index (χ0v) is 44.4. The third-order valence-corrected chi connectivity index (χ3v) is 15.4. The van der Waals surface area contributed by atoms with Gasteiger partial charge in [-0.2, -0.15) is 5.10 Å². The molecule has 2 aliphatic heterocycles. The number of unbranched alkanes of at least 4 members (excludes halogenated alkanes) is 3. The van der Waals surface area contributed by atoms with Gasteiger partial charge >= 0.3 is 6.29 Å². The number of hydrogen-bond acceptors (Lipinski definition) is 11. The quantitative estimate of drug-likeness (QED) is 0.0530. The number of likely N-dealkylation sites (tertiary alicyclic amines) is 1. The minimum absolute atomic E-state index is 0.0410. The summed E-state index contributed by atoms with van der Waals surface area (Å²) >= 11 is 0. The van der Waals surface area contributed by atoms with Crippen molar-refractivity contribution in [2.75, 3.05) is 25.0 Å². The molecule has 3 aliphatic rings. The summed E-state index contributed by atoms with van der Waals surface area (Å²) in [4.78, 5) is 77.6. The monoisotopic (exact) mass is 1080 g/mol. The smallest absolute Gasteiger partial charge is 0.395 e. The van der Waals surface area contributed by atoms with Crippen LogP contribution in [0.1, 0.15) is 110 Å². The van der Waals surface area contributed by atoms with Gasteiger partial charge in [0.1, 0.15) is 11.3 Å². The van der Waals surface area contributed by atoms with E-state index < -0.39 is 17.3 Å². The van der Waals surface area contributed by atoms with E-state index in [9.17, 15) is 37.9 Å². The Labute approximate surface area is 455 Å². The summed E-state index contributed by atoms with van der Waals surface area (Å²) in [5, 5.41) is 25.0. The number of halogens is 2. The van der Waals surface area contributed by atoms with Gasteiger partial charge in [0.25, 0.3) is 11.5 Å². The molecular weight excluding hydrogens is 1010 g/mol. The predicted octanol–water partition coefficient (Wildman–Crippen LogP) is 8.70. The van der Waals surface area contributed by atoms with Gasteiger partial charge in [-0.25, -0.2) is 9.97 Å². The number of alkyl halides is 2. The number of ether oxygens (including phenoxy) is 2. The van der Waals surface area contributed by atoms with E-state index in [0.29, 0.717) is 111 Å². The van der Waals surface area contributed by atoms with Crippen LogP contribution < -0.4 is 31.0 Å². The van der Waals surface area contributed by atoms with Crippen LogP contribution in [0.2, 0.25) is 0 Å². The molecule has 0 radical (unpaired) electrons. The predicted molar refractivity (Wildman–Crippen MR) is 292 cm³/mol. The molecule has 4 amide bonds. The maximum absolute atomic E-state index is 13.7. The molecule has 0 unspecified atom stereocenters. The largest absolute Gasteiger partial charge is 0.586 e. The zero-order valence-electron chi connectivity index (χ0n) is 44.4. The van der Waals surface area contributed by atoms with Crippen LogP contribution in [-0.2, 0) is 39.9 Å². The molecule has 3 aromatic heterocycles. The van der Waals surface area contributed by atoms with Crippen LogP contribution in [0.4, 0.5) is 14.6 Å².